The van der Waals surface area contributed by atoms with Gasteiger partial charge in [-0.25, -0.2) is 0 Å². The molecule has 2 aliphatic rings. The van der Waals surface area contributed by atoms with E-state index < -0.39 is 0 Å². The van der Waals surface area contributed by atoms with E-state index in [1.54, 1.807) is 4.90 Å². The van der Waals surface area contributed by atoms with Gasteiger partial charge in [-0.15, -0.1) is 0 Å². The number of benzene rings is 1. The number of nitrogens with zero attached hydrogens (tertiary/aromatic N) is 2. The molecule has 0 radical (unpaired) electrons. The van der Waals surface area contributed by atoms with Gasteiger partial charge in [0, 0.05) is 26.1 Å². The Bertz CT molecular complexity index is 585. The van der Waals surface area contributed by atoms with Crippen LogP contribution in [0.4, 0.5) is 11.4 Å². The lowest BCUT2D eigenvalue weighted by Crippen LogP contribution is -2.39. The van der Waals surface area contributed by atoms with Gasteiger partial charge in [0.15, 0.2) is 0 Å². The van der Waals surface area contributed by atoms with Crippen molar-refractivity contribution in [2.75, 3.05) is 49.6 Å². The number of ether oxygens (including phenoxy) is 1. The predicted octanol–water partition coefficient (Wildman–Crippen LogP) is 1.86. The minimum atomic E-state index is -0.133. The number of rotatable bonds is 4. The first-order valence-corrected chi connectivity index (χ1v) is 8.73. The van der Waals surface area contributed by atoms with Crippen LogP contribution in [-0.4, -0.2) is 56.1 Å². The number of hydrogen-bond acceptors (Lipinski definition) is 4. The van der Waals surface area contributed by atoms with Crippen molar-refractivity contribution in [3.63, 3.8) is 0 Å². The summed E-state index contributed by atoms with van der Waals surface area (Å²) in [6.45, 7) is 3.84. The molecular weight excluding hydrogens is 306 g/mol. The molecule has 6 nitrogen and oxygen atoms in total. The normalized spacial score (nSPS) is 19.1. The van der Waals surface area contributed by atoms with E-state index in [9.17, 15) is 9.59 Å². The fourth-order valence-electron chi connectivity index (χ4n) is 3.23. The van der Waals surface area contributed by atoms with Gasteiger partial charge in [0.2, 0.25) is 11.8 Å². The number of amides is 2. The number of anilines is 2. The highest BCUT2D eigenvalue weighted by Crippen LogP contribution is 2.26. The van der Waals surface area contributed by atoms with Crippen molar-refractivity contribution in [1.82, 2.24) is 4.90 Å². The smallest absolute Gasteiger partial charge is 0.244 e. The van der Waals surface area contributed by atoms with Gasteiger partial charge in [0.05, 0.1) is 31.1 Å². The maximum absolute atomic E-state index is 12.4. The summed E-state index contributed by atoms with van der Waals surface area (Å²) in [7, 11) is 0. The molecule has 1 aromatic carbocycles. The third-order valence-electron chi connectivity index (χ3n) is 4.54. The zero-order valence-corrected chi connectivity index (χ0v) is 14.0. The summed E-state index contributed by atoms with van der Waals surface area (Å²) in [5.74, 6) is -0.0462. The van der Waals surface area contributed by atoms with Crippen LogP contribution in [0.1, 0.15) is 25.7 Å². The van der Waals surface area contributed by atoms with Crippen molar-refractivity contribution in [3.05, 3.63) is 24.3 Å². The van der Waals surface area contributed by atoms with E-state index in [0.29, 0.717) is 26.2 Å². The van der Waals surface area contributed by atoms with Gasteiger partial charge >= 0.3 is 0 Å². The molecule has 0 aliphatic carbocycles. The lowest BCUT2D eigenvalue weighted by molar-refractivity contribution is -0.134. The van der Waals surface area contributed by atoms with Crippen molar-refractivity contribution < 1.29 is 14.3 Å². The number of carbonyl (C=O) groups is 2. The zero-order valence-electron chi connectivity index (χ0n) is 14.0. The standard InChI is InChI=1S/C18H25N3O3/c22-17(14-21-9-5-1-2-8-18(21)23)19-15-6-3-4-7-16(15)20-10-12-24-13-11-20/h3-4,6-7H,1-2,5,8-14H2,(H,19,22). The Morgan fingerprint density at radius 3 is 2.71 bits per heavy atom. The van der Waals surface area contributed by atoms with Crippen molar-refractivity contribution in [3.8, 4) is 0 Å². The Hall–Kier alpha value is -2.08. The SMILES string of the molecule is O=C(CN1CCCCCC1=O)Nc1ccccc1N1CCOCC1. The van der Waals surface area contributed by atoms with Crippen LogP contribution < -0.4 is 10.2 Å². The van der Waals surface area contributed by atoms with Gasteiger partial charge in [-0.05, 0) is 25.0 Å². The van der Waals surface area contributed by atoms with Gasteiger partial charge in [0.1, 0.15) is 0 Å². The first-order valence-electron chi connectivity index (χ1n) is 8.73. The molecule has 130 valence electrons. The van der Waals surface area contributed by atoms with Crippen LogP contribution in [0.5, 0.6) is 0 Å². The highest BCUT2D eigenvalue weighted by molar-refractivity contribution is 5.97. The average molecular weight is 331 g/mol. The van der Waals surface area contributed by atoms with E-state index in [-0.39, 0.29) is 18.4 Å². The minimum Gasteiger partial charge on any atom is -0.378 e. The molecule has 1 aromatic rings. The van der Waals surface area contributed by atoms with Crippen LogP contribution in [0.2, 0.25) is 0 Å². The lowest BCUT2D eigenvalue weighted by Gasteiger charge is -2.30. The van der Waals surface area contributed by atoms with Gasteiger partial charge in [-0.2, -0.15) is 0 Å². The van der Waals surface area contributed by atoms with Gasteiger partial charge in [-0.1, -0.05) is 18.6 Å². The lowest BCUT2D eigenvalue weighted by atomic mass is 10.2. The molecule has 0 spiro atoms. The molecular formula is C18H25N3O3. The van der Waals surface area contributed by atoms with E-state index >= 15 is 0 Å². The van der Waals surface area contributed by atoms with Gasteiger partial charge in [-0.3, -0.25) is 9.59 Å². The first-order chi connectivity index (χ1) is 11.7. The highest BCUT2D eigenvalue weighted by atomic mass is 16.5. The summed E-state index contributed by atoms with van der Waals surface area (Å²) >= 11 is 0. The van der Waals surface area contributed by atoms with Gasteiger partial charge < -0.3 is 19.9 Å². The summed E-state index contributed by atoms with van der Waals surface area (Å²) < 4.78 is 5.39. The monoisotopic (exact) mass is 331 g/mol. The third kappa shape index (κ3) is 4.26. The van der Waals surface area contributed by atoms with Gasteiger partial charge in [0.25, 0.3) is 0 Å². The highest BCUT2D eigenvalue weighted by Gasteiger charge is 2.20. The minimum absolute atomic E-state index is 0.0871. The summed E-state index contributed by atoms with van der Waals surface area (Å²) in [6.07, 6.45) is 3.52. The van der Waals surface area contributed by atoms with E-state index in [4.69, 9.17) is 4.74 Å². The predicted molar refractivity (Wildman–Crippen MR) is 93.2 cm³/mol. The second kappa shape index (κ2) is 8.15. The zero-order chi connectivity index (χ0) is 16.8. The number of morpholine rings is 1. The maximum atomic E-state index is 12.4. The molecule has 2 amide bonds. The molecule has 2 saturated heterocycles. The molecule has 0 saturated carbocycles. The second-order valence-electron chi connectivity index (χ2n) is 6.29. The largest absolute Gasteiger partial charge is 0.378 e. The van der Waals surface area contributed by atoms with Crippen molar-refractivity contribution in [2.24, 2.45) is 0 Å². The molecule has 3 rings (SSSR count). The molecule has 0 bridgehead atoms. The summed E-state index contributed by atoms with van der Waals surface area (Å²) in [5.41, 5.74) is 1.81. The van der Waals surface area contributed by atoms with Crippen LogP contribution >= 0.6 is 0 Å². The third-order valence-corrected chi connectivity index (χ3v) is 4.54. The molecule has 0 unspecified atom stereocenters. The molecule has 0 atom stereocenters. The van der Waals surface area contributed by atoms with E-state index in [1.165, 1.54) is 0 Å². The molecule has 24 heavy (non-hydrogen) atoms. The quantitative estimate of drug-likeness (QED) is 0.915. The first kappa shape index (κ1) is 16.8. The molecule has 2 aliphatic heterocycles. The van der Waals surface area contributed by atoms with Crippen LogP contribution in [0.3, 0.4) is 0 Å². The Morgan fingerprint density at radius 2 is 1.88 bits per heavy atom. The average Bonchev–Trinajstić information content (AvgIpc) is 2.81. The van der Waals surface area contributed by atoms with Crippen LogP contribution in [0, 0.1) is 0 Å². The Labute approximate surface area is 142 Å². The number of carbonyl (C=O) groups excluding carboxylic acids is 2. The number of para-hydroxylation sites is 2. The van der Waals surface area contributed by atoms with Crippen LogP contribution in [-0.2, 0) is 14.3 Å². The Balaban J connectivity index is 1.64. The Kier molecular flexibility index (Phi) is 5.69. The molecule has 2 heterocycles. The fraction of sp³-hybridized carbons (Fsp3) is 0.556. The maximum Gasteiger partial charge on any atom is 0.244 e. The fourth-order valence-corrected chi connectivity index (χ4v) is 3.23. The number of nitrogens with one attached hydrogen (secondary N) is 1. The summed E-state index contributed by atoms with van der Waals surface area (Å²) in [4.78, 5) is 28.4. The summed E-state index contributed by atoms with van der Waals surface area (Å²) in [5, 5.41) is 2.98. The van der Waals surface area contributed by atoms with E-state index in [2.05, 4.69) is 10.2 Å². The topological polar surface area (TPSA) is 61.9 Å². The molecule has 6 heteroatoms. The Morgan fingerprint density at radius 1 is 1.08 bits per heavy atom. The molecule has 1 N–H and O–H groups in total. The van der Waals surface area contributed by atoms with Crippen molar-refractivity contribution in [1.29, 1.82) is 0 Å². The summed E-state index contributed by atoms with van der Waals surface area (Å²) in [6, 6.07) is 7.81. The van der Waals surface area contributed by atoms with E-state index in [1.807, 2.05) is 24.3 Å². The molecule has 0 aromatic heterocycles. The van der Waals surface area contributed by atoms with Crippen molar-refractivity contribution in [2.45, 2.75) is 25.7 Å². The number of likely N-dealkylation sites (tertiary alicyclic amines) is 1. The van der Waals surface area contributed by atoms with E-state index in [0.717, 1.165) is 43.7 Å². The van der Waals surface area contributed by atoms with Crippen LogP contribution in [0.25, 0.3) is 0 Å². The number of hydrogen-bond donors (Lipinski definition) is 1. The van der Waals surface area contributed by atoms with Crippen molar-refractivity contribution >= 4 is 23.2 Å². The second-order valence-corrected chi connectivity index (χ2v) is 6.29. The molecule has 2 fully saturated rings. The van der Waals surface area contributed by atoms with Crippen LogP contribution in [0.15, 0.2) is 24.3 Å².